The molecule has 2 amide bonds. The lowest BCUT2D eigenvalue weighted by Crippen LogP contribution is -2.20. The molecule has 1 aliphatic heterocycles. The molecule has 0 atom stereocenters. The van der Waals surface area contributed by atoms with E-state index in [-0.39, 0.29) is 11.8 Å². The van der Waals surface area contributed by atoms with Gasteiger partial charge in [0.05, 0.1) is 5.57 Å². The number of thiocarbonyl (C=S) groups is 1. The van der Waals surface area contributed by atoms with E-state index in [1.807, 2.05) is 30.3 Å². The van der Waals surface area contributed by atoms with Crippen molar-refractivity contribution in [1.29, 1.82) is 0 Å². The van der Waals surface area contributed by atoms with E-state index in [2.05, 4.69) is 5.32 Å². The SMILES string of the molecule is O=C1NC(=O)C2=C(c3ccccc3)C(=S)CC=C12. The highest BCUT2D eigenvalue weighted by atomic mass is 32.1. The molecule has 3 rings (SSSR count). The summed E-state index contributed by atoms with van der Waals surface area (Å²) in [7, 11) is 0. The Morgan fingerprint density at radius 2 is 1.72 bits per heavy atom. The van der Waals surface area contributed by atoms with Crippen molar-refractivity contribution in [2.24, 2.45) is 0 Å². The summed E-state index contributed by atoms with van der Waals surface area (Å²) in [5.74, 6) is -0.682. The number of rotatable bonds is 1. The molecule has 1 fully saturated rings. The zero-order valence-corrected chi connectivity index (χ0v) is 10.2. The largest absolute Gasteiger partial charge is 0.288 e. The third-order valence-electron chi connectivity index (χ3n) is 3.05. The maximum atomic E-state index is 11.9. The second-order valence-corrected chi connectivity index (χ2v) is 4.64. The van der Waals surface area contributed by atoms with Crippen molar-refractivity contribution in [3.8, 4) is 0 Å². The van der Waals surface area contributed by atoms with Crippen LogP contribution in [0.1, 0.15) is 12.0 Å². The Morgan fingerprint density at radius 3 is 2.44 bits per heavy atom. The summed E-state index contributed by atoms with van der Waals surface area (Å²) < 4.78 is 0. The zero-order chi connectivity index (χ0) is 12.7. The molecule has 1 N–H and O–H groups in total. The maximum Gasteiger partial charge on any atom is 0.259 e. The van der Waals surface area contributed by atoms with Crippen LogP contribution in [0.5, 0.6) is 0 Å². The number of fused-ring (bicyclic) bond motifs is 1. The fraction of sp³-hybridized carbons (Fsp3) is 0.0714. The van der Waals surface area contributed by atoms with E-state index < -0.39 is 0 Å². The molecular formula is C14H9NO2S. The van der Waals surface area contributed by atoms with Gasteiger partial charge in [0.15, 0.2) is 0 Å². The quantitative estimate of drug-likeness (QED) is 0.615. The summed E-state index contributed by atoms with van der Waals surface area (Å²) in [5.41, 5.74) is 2.47. The van der Waals surface area contributed by atoms with E-state index in [9.17, 15) is 9.59 Å². The monoisotopic (exact) mass is 255 g/mol. The summed E-state index contributed by atoms with van der Waals surface area (Å²) in [5, 5.41) is 2.32. The second-order valence-electron chi connectivity index (χ2n) is 4.14. The number of imide groups is 1. The maximum absolute atomic E-state index is 11.9. The number of allylic oxidation sites excluding steroid dienone is 2. The number of carbonyl (C=O) groups is 2. The average molecular weight is 255 g/mol. The van der Waals surface area contributed by atoms with Crippen LogP contribution in [-0.4, -0.2) is 16.7 Å². The van der Waals surface area contributed by atoms with Crippen molar-refractivity contribution >= 4 is 34.5 Å². The first kappa shape index (κ1) is 11.0. The fourth-order valence-corrected chi connectivity index (χ4v) is 2.56. The summed E-state index contributed by atoms with van der Waals surface area (Å²) in [6, 6.07) is 9.47. The van der Waals surface area contributed by atoms with Crippen molar-refractivity contribution in [3.63, 3.8) is 0 Å². The molecular weight excluding hydrogens is 246 g/mol. The predicted molar refractivity (Wildman–Crippen MR) is 71.8 cm³/mol. The number of benzene rings is 1. The first-order valence-corrected chi connectivity index (χ1v) is 5.98. The summed E-state index contributed by atoms with van der Waals surface area (Å²) in [6.45, 7) is 0. The van der Waals surface area contributed by atoms with Gasteiger partial charge in [-0.15, -0.1) is 0 Å². The van der Waals surface area contributed by atoms with Gasteiger partial charge in [0.25, 0.3) is 11.8 Å². The third kappa shape index (κ3) is 1.54. The Balaban J connectivity index is 2.27. The minimum Gasteiger partial charge on any atom is -0.288 e. The van der Waals surface area contributed by atoms with Crippen LogP contribution in [0.4, 0.5) is 0 Å². The van der Waals surface area contributed by atoms with E-state index >= 15 is 0 Å². The second kappa shape index (κ2) is 3.99. The van der Waals surface area contributed by atoms with E-state index in [0.717, 1.165) is 5.56 Å². The van der Waals surface area contributed by atoms with E-state index in [1.54, 1.807) is 6.08 Å². The molecule has 0 radical (unpaired) electrons. The lowest BCUT2D eigenvalue weighted by atomic mass is 9.87. The van der Waals surface area contributed by atoms with Gasteiger partial charge in [0, 0.05) is 22.4 Å². The van der Waals surface area contributed by atoms with Gasteiger partial charge in [0.2, 0.25) is 0 Å². The number of hydrogen-bond acceptors (Lipinski definition) is 3. The van der Waals surface area contributed by atoms with Crippen LogP contribution >= 0.6 is 12.2 Å². The molecule has 1 saturated heterocycles. The molecule has 1 aliphatic carbocycles. The Morgan fingerprint density at radius 1 is 1.00 bits per heavy atom. The van der Waals surface area contributed by atoms with E-state index in [1.165, 1.54) is 0 Å². The van der Waals surface area contributed by atoms with Crippen molar-refractivity contribution < 1.29 is 9.59 Å². The molecule has 0 saturated carbocycles. The van der Waals surface area contributed by atoms with Crippen LogP contribution < -0.4 is 5.32 Å². The third-order valence-corrected chi connectivity index (χ3v) is 3.42. The lowest BCUT2D eigenvalue weighted by molar-refractivity contribution is -0.123. The molecule has 1 aromatic carbocycles. The molecule has 0 unspecified atom stereocenters. The molecule has 0 spiro atoms. The van der Waals surface area contributed by atoms with Crippen LogP contribution in [-0.2, 0) is 9.59 Å². The Labute approximate surface area is 109 Å². The number of carbonyl (C=O) groups excluding carboxylic acids is 2. The highest BCUT2D eigenvalue weighted by Crippen LogP contribution is 2.33. The highest BCUT2D eigenvalue weighted by Gasteiger charge is 2.36. The summed E-state index contributed by atoms with van der Waals surface area (Å²) >= 11 is 5.33. The van der Waals surface area contributed by atoms with Crippen molar-refractivity contribution in [2.75, 3.05) is 0 Å². The molecule has 1 aromatic rings. The average Bonchev–Trinajstić information content (AvgIpc) is 2.66. The van der Waals surface area contributed by atoms with Gasteiger partial charge in [-0.1, -0.05) is 48.6 Å². The van der Waals surface area contributed by atoms with Crippen LogP contribution in [0, 0.1) is 0 Å². The normalized spacial score (nSPS) is 18.7. The van der Waals surface area contributed by atoms with Crippen molar-refractivity contribution in [2.45, 2.75) is 6.42 Å². The number of nitrogens with one attached hydrogen (secondary N) is 1. The van der Waals surface area contributed by atoms with Crippen molar-refractivity contribution in [1.82, 2.24) is 5.32 Å². The molecule has 2 aliphatic rings. The molecule has 18 heavy (non-hydrogen) atoms. The predicted octanol–water partition coefficient (Wildman–Crippen LogP) is 1.80. The molecule has 3 nitrogen and oxygen atoms in total. The molecule has 0 aromatic heterocycles. The van der Waals surface area contributed by atoms with E-state index in [4.69, 9.17) is 12.2 Å². The Bertz CT molecular complexity index is 641. The van der Waals surface area contributed by atoms with Crippen molar-refractivity contribution in [3.05, 3.63) is 53.1 Å². The minimum absolute atomic E-state index is 0.328. The van der Waals surface area contributed by atoms with Gasteiger partial charge in [-0.25, -0.2) is 0 Å². The summed E-state index contributed by atoms with van der Waals surface area (Å²) in [6.07, 6.45) is 2.25. The van der Waals surface area contributed by atoms with Gasteiger partial charge >= 0.3 is 0 Å². The van der Waals surface area contributed by atoms with E-state index in [0.29, 0.717) is 28.0 Å². The van der Waals surface area contributed by atoms with Gasteiger partial charge in [-0.3, -0.25) is 14.9 Å². The van der Waals surface area contributed by atoms with Gasteiger partial charge in [0.1, 0.15) is 0 Å². The molecule has 1 heterocycles. The summed E-state index contributed by atoms with van der Waals surface area (Å²) in [4.78, 5) is 24.2. The smallest absolute Gasteiger partial charge is 0.259 e. The van der Waals surface area contributed by atoms with Crippen LogP contribution in [0.3, 0.4) is 0 Å². The van der Waals surface area contributed by atoms with Crippen LogP contribution in [0.15, 0.2) is 47.6 Å². The van der Waals surface area contributed by atoms with Crippen LogP contribution in [0.25, 0.3) is 5.57 Å². The standard InChI is InChI=1S/C14H9NO2S/c16-13-9-6-7-10(18)11(12(9)14(17)15-13)8-4-2-1-3-5-8/h1-6H,7H2,(H,15,16,17). The van der Waals surface area contributed by atoms with Gasteiger partial charge in [-0.2, -0.15) is 0 Å². The lowest BCUT2D eigenvalue weighted by Gasteiger charge is -2.15. The minimum atomic E-state index is -0.354. The Kier molecular flexibility index (Phi) is 2.45. The molecule has 4 heteroatoms. The topological polar surface area (TPSA) is 46.2 Å². The fourth-order valence-electron chi connectivity index (χ4n) is 2.26. The van der Waals surface area contributed by atoms with Crippen LogP contribution in [0.2, 0.25) is 0 Å². The first-order chi connectivity index (χ1) is 8.68. The molecule has 0 bridgehead atoms. The highest BCUT2D eigenvalue weighted by molar-refractivity contribution is 7.81. The first-order valence-electron chi connectivity index (χ1n) is 5.57. The zero-order valence-electron chi connectivity index (χ0n) is 9.40. The van der Waals surface area contributed by atoms with Gasteiger partial charge < -0.3 is 0 Å². The Hall–Kier alpha value is -2.07. The number of amides is 2. The van der Waals surface area contributed by atoms with Gasteiger partial charge in [-0.05, 0) is 5.56 Å². The number of hydrogen-bond donors (Lipinski definition) is 1. The molecule has 88 valence electrons.